The first kappa shape index (κ1) is 19.6. The molecule has 0 bridgehead atoms. The Morgan fingerprint density at radius 2 is 1.84 bits per heavy atom. The molecule has 1 fully saturated rings. The van der Waals surface area contributed by atoms with Crippen LogP contribution in [0, 0.1) is 6.92 Å². The van der Waals surface area contributed by atoms with Gasteiger partial charge in [0.05, 0.1) is 23.6 Å². The lowest BCUT2D eigenvalue weighted by atomic mass is 10.0. The molecule has 0 unspecified atom stereocenters. The summed E-state index contributed by atoms with van der Waals surface area (Å²) in [5, 5.41) is 3.47. The number of amides is 2. The van der Waals surface area contributed by atoms with Crippen LogP contribution in [-0.2, 0) is 14.3 Å². The van der Waals surface area contributed by atoms with Crippen LogP contribution in [0.25, 0.3) is 0 Å². The molecule has 0 atom stereocenters. The van der Waals surface area contributed by atoms with Crippen molar-refractivity contribution in [3.8, 4) is 0 Å². The van der Waals surface area contributed by atoms with E-state index >= 15 is 0 Å². The fraction of sp³-hybridized carbons (Fsp3) is 0.562. The number of rotatable bonds is 5. The Kier molecular flexibility index (Phi) is 6.72. The molecule has 1 aliphatic rings. The fourth-order valence-electron chi connectivity index (χ4n) is 2.73. The Morgan fingerprint density at radius 1 is 1.20 bits per heavy atom. The number of halogens is 2. The van der Waals surface area contributed by atoms with Crippen molar-refractivity contribution in [2.45, 2.75) is 38.6 Å². The normalized spacial score (nSPS) is 15.1. The Morgan fingerprint density at radius 3 is 2.36 bits per heavy atom. The highest BCUT2D eigenvalue weighted by molar-refractivity contribution is 6.44. The number of nitrogens with zero attached hydrogens (tertiary/aromatic N) is 1. The van der Waals surface area contributed by atoms with Crippen LogP contribution in [0.3, 0.4) is 0 Å². The van der Waals surface area contributed by atoms with Gasteiger partial charge in [-0.3, -0.25) is 14.4 Å². The molecule has 2 rings (SSSR count). The molecule has 2 N–H and O–H groups in total. The molecule has 2 amide bonds. The van der Waals surface area contributed by atoms with E-state index in [9.17, 15) is 14.4 Å². The number of aromatic amines is 1. The van der Waals surface area contributed by atoms with E-state index in [1.165, 1.54) is 7.11 Å². The van der Waals surface area contributed by atoms with Crippen molar-refractivity contribution in [2.24, 2.45) is 0 Å². The number of hydrogen-bond acceptors (Lipinski definition) is 4. The molecule has 2 heterocycles. The Hall–Kier alpha value is -1.73. The lowest BCUT2D eigenvalue weighted by molar-refractivity contribution is -0.143. The zero-order valence-electron chi connectivity index (χ0n) is 14.2. The van der Waals surface area contributed by atoms with Crippen LogP contribution in [0.1, 0.15) is 41.9 Å². The first-order chi connectivity index (χ1) is 11.8. The molecule has 1 aromatic rings. The van der Waals surface area contributed by atoms with E-state index in [2.05, 4.69) is 15.0 Å². The molecule has 1 saturated heterocycles. The van der Waals surface area contributed by atoms with Crippen molar-refractivity contribution >= 4 is 41.0 Å². The van der Waals surface area contributed by atoms with Gasteiger partial charge < -0.3 is 19.9 Å². The highest BCUT2D eigenvalue weighted by Crippen LogP contribution is 2.29. The van der Waals surface area contributed by atoms with Gasteiger partial charge in [-0.25, -0.2) is 0 Å². The average Bonchev–Trinajstić information content (AvgIpc) is 2.87. The Bertz CT molecular complexity index is 667. The minimum absolute atomic E-state index is 0.0457. The van der Waals surface area contributed by atoms with Crippen LogP contribution >= 0.6 is 23.2 Å². The zero-order valence-corrected chi connectivity index (χ0v) is 15.7. The number of esters is 1. The summed E-state index contributed by atoms with van der Waals surface area (Å²) in [6.45, 7) is 2.80. The summed E-state index contributed by atoms with van der Waals surface area (Å²) in [4.78, 5) is 40.0. The van der Waals surface area contributed by atoms with Gasteiger partial charge in [-0.15, -0.1) is 0 Å². The summed E-state index contributed by atoms with van der Waals surface area (Å²) in [6.07, 6.45) is 1.50. The van der Waals surface area contributed by atoms with Crippen molar-refractivity contribution in [3.63, 3.8) is 0 Å². The third-order valence-electron chi connectivity index (χ3n) is 4.23. The summed E-state index contributed by atoms with van der Waals surface area (Å²) in [7, 11) is 1.30. The maximum atomic E-state index is 12.3. The molecule has 25 heavy (non-hydrogen) atoms. The largest absolute Gasteiger partial charge is 0.469 e. The molecule has 0 aromatic carbocycles. The average molecular weight is 390 g/mol. The molecule has 1 aliphatic heterocycles. The number of aromatic nitrogens is 1. The minimum Gasteiger partial charge on any atom is -0.469 e. The molecule has 0 radical (unpaired) electrons. The maximum Gasteiger partial charge on any atom is 0.306 e. The number of H-pyrrole nitrogens is 1. The zero-order chi connectivity index (χ0) is 18.6. The maximum absolute atomic E-state index is 12.3. The van der Waals surface area contributed by atoms with Crippen LogP contribution in [0.15, 0.2) is 0 Å². The van der Waals surface area contributed by atoms with Crippen molar-refractivity contribution in [2.75, 3.05) is 20.2 Å². The van der Waals surface area contributed by atoms with Gasteiger partial charge >= 0.3 is 5.97 Å². The predicted molar refractivity (Wildman–Crippen MR) is 93.9 cm³/mol. The number of piperidine rings is 1. The third-order valence-corrected chi connectivity index (χ3v) is 5.18. The quantitative estimate of drug-likeness (QED) is 0.755. The number of carbonyl (C=O) groups is 3. The van der Waals surface area contributed by atoms with Gasteiger partial charge in [0.15, 0.2) is 0 Å². The number of methoxy groups -OCH3 is 1. The summed E-state index contributed by atoms with van der Waals surface area (Å²) < 4.78 is 4.53. The molecule has 138 valence electrons. The Labute approximate surface area is 156 Å². The van der Waals surface area contributed by atoms with Gasteiger partial charge in [0.1, 0.15) is 5.69 Å². The third kappa shape index (κ3) is 4.89. The van der Waals surface area contributed by atoms with Crippen LogP contribution in [0.4, 0.5) is 0 Å². The lowest BCUT2D eigenvalue weighted by Gasteiger charge is -2.32. The molecule has 0 spiro atoms. The second-order valence-corrected chi connectivity index (χ2v) is 6.71. The number of carbonyl (C=O) groups excluding carboxylic acids is 3. The van der Waals surface area contributed by atoms with E-state index in [4.69, 9.17) is 23.2 Å². The SMILES string of the molecule is COC(=O)CCC(=O)N1CCC(NC(=O)c2[nH]c(C)c(Cl)c2Cl)CC1. The topological polar surface area (TPSA) is 91.5 Å². The highest BCUT2D eigenvalue weighted by Gasteiger charge is 2.26. The molecule has 0 saturated carbocycles. The van der Waals surface area contributed by atoms with Crippen LogP contribution < -0.4 is 5.32 Å². The van der Waals surface area contributed by atoms with E-state index in [0.717, 1.165) is 0 Å². The van der Waals surface area contributed by atoms with E-state index in [1.807, 2.05) is 0 Å². The summed E-state index contributed by atoms with van der Waals surface area (Å²) >= 11 is 12.0. The van der Waals surface area contributed by atoms with E-state index in [1.54, 1.807) is 11.8 Å². The van der Waals surface area contributed by atoms with Crippen molar-refractivity contribution < 1.29 is 19.1 Å². The van der Waals surface area contributed by atoms with E-state index < -0.39 is 5.97 Å². The van der Waals surface area contributed by atoms with Crippen molar-refractivity contribution in [1.82, 2.24) is 15.2 Å². The van der Waals surface area contributed by atoms with Gasteiger partial charge in [-0.2, -0.15) is 0 Å². The van der Waals surface area contributed by atoms with Crippen molar-refractivity contribution in [1.29, 1.82) is 0 Å². The predicted octanol–water partition coefficient (Wildman–Crippen LogP) is 2.30. The molecular weight excluding hydrogens is 369 g/mol. The standard InChI is InChI=1S/C16H21Cl2N3O4/c1-9-13(17)14(18)15(19-9)16(24)20-10-5-7-21(8-6-10)11(22)3-4-12(23)25-2/h10,19H,3-8H2,1-2H3,(H,20,24). The summed E-state index contributed by atoms with van der Waals surface area (Å²) in [5.41, 5.74) is 0.892. The first-order valence-corrected chi connectivity index (χ1v) is 8.78. The summed E-state index contributed by atoms with van der Waals surface area (Å²) in [6, 6.07) is -0.0457. The number of aryl methyl sites for hydroxylation is 1. The molecular formula is C16H21Cl2N3O4. The number of likely N-dealkylation sites (tertiary alicyclic amines) is 1. The Balaban J connectivity index is 1.82. The second kappa shape index (κ2) is 8.58. The smallest absolute Gasteiger partial charge is 0.306 e. The number of nitrogens with one attached hydrogen (secondary N) is 2. The van der Waals surface area contributed by atoms with Crippen molar-refractivity contribution in [3.05, 3.63) is 21.4 Å². The van der Waals surface area contributed by atoms with Gasteiger partial charge in [-0.05, 0) is 19.8 Å². The number of ether oxygens (including phenoxy) is 1. The molecule has 7 nitrogen and oxygen atoms in total. The second-order valence-electron chi connectivity index (χ2n) is 5.96. The van der Waals surface area contributed by atoms with E-state index in [-0.39, 0.29) is 41.4 Å². The van der Waals surface area contributed by atoms with Gasteiger partial charge in [0, 0.05) is 31.2 Å². The number of hydrogen-bond donors (Lipinski definition) is 2. The molecule has 1 aromatic heterocycles. The lowest BCUT2D eigenvalue weighted by Crippen LogP contribution is -2.46. The van der Waals surface area contributed by atoms with Gasteiger partial charge in [-0.1, -0.05) is 23.2 Å². The minimum atomic E-state index is -0.396. The first-order valence-electron chi connectivity index (χ1n) is 8.02. The van der Waals surface area contributed by atoms with Crippen LogP contribution in [0.2, 0.25) is 10.0 Å². The monoisotopic (exact) mass is 389 g/mol. The van der Waals surface area contributed by atoms with Crippen LogP contribution in [0.5, 0.6) is 0 Å². The molecule has 0 aliphatic carbocycles. The van der Waals surface area contributed by atoms with Gasteiger partial charge in [0.25, 0.3) is 5.91 Å². The summed E-state index contributed by atoms with van der Waals surface area (Å²) in [5.74, 6) is -0.784. The van der Waals surface area contributed by atoms with E-state index in [0.29, 0.717) is 36.6 Å². The van der Waals surface area contributed by atoms with Gasteiger partial charge in [0.2, 0.25) is 5.91 Å². The molecule has 9 heteroatoms. The highest BCUT2D eigenvalue weighted by atomic mass is 35.5. The van der Waals surface area contributed by atoms with Crippen LogP contribution in [-0.4, -0.2) is 53.9 Å². The fourth-order valence-corrected chi connectivity index (χ4v) is 3.14.